The minimum absolute atomic E-state index is 0.440. The number of hydrogen-bond acceptors (Lipinski definition) is 3. The van der Waals surface area contributed by atoms with Gasteiger partial charge in [0.05, 0.1) is 5.01 Å². The second-order valence-corrected chi connectivity index (χ2v) is 7.59. The molecule has 0 saturated heterocycles. The quantitative estimate of drug-likeness (QED) is 0.848. The van der Waals surface area contributed by atoms with E-state index in [0.717, 1.165) is 18.9 Å². The van der Waals surface area contributed by atoms with Crippen LogP contribution in [0.25, 0.3) is 0 Å². The highest BCUT2D eigenvalue weighted by molar-refractivity contribution is 7.09. The summed E-state index contributed by atoms with van der Waals surface area (Å²) < 4.78 is 0. The summed E-state index contributed by atoms with van der Waals surface area (Å²) in [4.78, 5) is 4.45. The molecule has 0 spiro atoms. The molecule has 1 saturated carbocycles. The Bertz CT molecular complexity index is 367. The lowest BCUT2D eigenvalue weighted by Gasteiger charge is -2.19. The van der Waals surface area contributed by atoms with E-state index in [1.54, 1.807) is 11.3 Å². The third kappa shape index (κ3) is 2.35. The van der Waals surface area contributed by atoms with Crippen LogP contribution in [0, 0.1) is 16.7 Å². The summed E-state index contributed by atoms with van der Waals surface area (Å²) in [5.41, 5.74) is 0.880. The van der Waals surface area contributed by atoms with Crippen molar-refractivity contribution in [3.63, 3.8) is 0 Å². The summed E-state index contributed by atoms with van der Waals surface area (Å²) in [5.74, 6) is 0.750. The van der Waals surface area contributed by atoms with E-state index in [2.05, 4.69) is 50.3 Å². The Hall–Kier alpha value is -0.410. The molecule has 2 rings (SSSR count). The molecule has 1 aromatic rings. The van der Waals surface area contributed by atoms with Crippen LogP contribution in [-0.4, -0.2) is 17.6 Å². The smallest absolute Gasteiger partial charge is 0.0940 e. The van der Waals surface area contributed by atoms with Crippen molar-refractivity contribution < 1.29 is 0 Å². The highest BCUT2D eigenvalue weighted by Crippen LogP contribution is 2.69. The third-order valence-electron chi connectivity index (χ3n) is 5.07. The summed E-state index contributed by atoms with van der Waals surface area (Å²) in [6.07, 6.45) is 4.19. The fourth-order valence-corrected chi connectivity index (χ4v) is 4.11. The maximum Gasteiger partial charge on any atom is 0.0940 e. The number of thiazole rings is 1. The van der Waals surface area contributed by atoms with E-state index in [1.807, 2.05) is 6.20 Å². The Balaban J connectivity index is 2.07. The zero-order valence-electron chi connectivity index (χ0n) is 12.3. The first-order valence-corrected chi connectivity index (χ1v) is 7.91. The highest BCUT2D eigenvalue weighted by atomic mass is 32.1. The van der Waals surface area contributed by atoms with E-state index < -0.39 is 0 Å². The van der Waals surface area contributed by atoms with Crippen molar-refractivity contribution >= 4 is 11.3 Å². The molecule has 0 radical (unpaired) electrons. The lowest BCUT2D eigenvalue weighted by atomic mass is 10.0. The lowest BCUT2D eigenvalue weighted by Crippen LogP contribution is -2.36. The van der Waals surface area contributed by atoms with Crippen LogP contribution < -0.4 is 5.32 Å². The van der Waals surface area contributed by atoms with Gasteiger partial charge in [0.1, 0.15) is 0 Å². The summed E-state index contributed by atoms with van der Waals surface area (Å²) in [5, 5.41) is 7.09. The van der Waals surface area contributed by atoms with Crippen LogP contribution in [0.4, 0.5) is 0 Å². The van der Waals surface area contributed by atoms with E-state index in [4.69, 9.17) is 0 Å². The monoisotopic (exact) mass is 266 g/mol. The predicted molar refractivity (Wildman–Crippen MR) is 79.0 cm³/mol. The van der Waals surface area contributed by atoms with Crippen molar-refractivity contribution in [3.8, 4) is 0 Å². The molecule has 102 valence electrons. The second-order valence-electron chi connectivity index (χ2n) is 6.61. The molecule has 3 heteroatoms. The Morgan fingerprint density at radius 1 is 1.33 bits per heavy atom. The molecule has 0 bridgehead atoms. The Morgan fingerprint density at radius 2 is 2.00 bits per heavy atom. The maximum absolute atomic E-state index is 4.45. The minimum atomic E-state index is 0.440. The van der Waals surface area contributed by atoms with Gasteiger partial charge < -0.3 is 5.32 Å². The van der Waals surface area contributed by atoms with Gasteiger partial charge in [-0.2, -0.15) is 0 Å². The SMILES string of the molecule is CCCNC(Cc1nccs1)C1C(C)(C)C1(C)C. The summed E-state index contributed by atoms with van der Waals surface area (Å²) in [6, 6.07) is 0.570. The molecule has 1 N–H and O–H groups in total. The second kappa shape index (κ2) is 4.93. The van der Waals surface area contributed by atoms with Gasteiger partial charge in [-0.15, -0.1) is 11.3 Å². The standard InChI is InChI=1S/C15H26N2S/c1-6-7-16-11(10-12-17-8-9-18-12)13-14(2,3)15(13,4)5/h8-9,11,13,16H,6-7,10H2,1-5H3. The molecule has 1 aromatic heterocycles. The average molecular weight is 266 g/mol. The van der Waals surface area contributed by atoms with Gasteiger partial charge >= 0.3 is 0 Å². The molecule has 0 aromatic carbocycles. The minimum Gasteiger partial charge on any atom is -0.313 e. The van der Waals surface area contributed by atoms with Gasteiger partial charge in [-0.3, -0.25) is 0 Å². The Morgan fingerprint density at radius 3 is 2.44 bits per heavy atom. The van der Waals surface area contributed by atoms with Crippen molar-refractivity contribution in [2.45, 2.75) is 53.5 Å². The molecular formula is C15H26N2S. The van der Waals surface area contributed by atoms with Gasteiger partial charge in [-0.05, 0) is 29.7 Å². The Kier molecular flexibility index (Phi) is 3.84. The van der Waals surface area contributed by atoms with E-state index >= 15 is 0 Å². The molecule has 2 nitrogen and oxygen atoms in total. The summed E-state index contributed by atoms with van der Waals surface area (Å²) >= 11 is 1.78. The van der Waals surface area contributed by atoms with Gasteiger partial charge in [0.15, 0.2) is 0 Å². The number of hydrogen-bond donors (Lipinski definition) is 1. The van der Waals surface area contributed by atoms with E-state index in [0.29, 0.717) is 16.9 Å². The summed E-state index contributed by atoms with van der Waals surface area (Å²) in [6.45, 7) is 13.0. The first kappa shape index (κ1) is 14.0. The summed E-state index contributed by atoms with van der Waals surface area (Å²) in [7, 11) is 0. The van der Waals surface area contributed by atoms with Gasteiger partial charge in [0.25, 0.3) is 0 Å². The molecule has 0 amide bonds. The molecule has 0 aliphatic heterocycles. The van der Waals surface area contributed by atoms with Crippen molar-refractivity contribution in [2.24, 2.45) is 16.7 Å². The van der Waals surface area contributed by atoms with Crippen LogP contribution in [0.3, 0.4) is 0 Å². The number of nitrogens with one attached hydrogen (secondary N) is 1. The van der Waals surface area contributed by atoms with Crippen LogP contribution in [0.15, 0.2) is 11.6 Å². The van der Waals surface area contributed by atoms with Crippen molar-refractivity contribution in [1.82, 2.24) is 10.3 Å². The third-order valence-corrected chi connectivity index (χ3v) is 5.87. The average Bonchev–Trinajstić information content (AvgIpc) is 2.70. The van der Waals surface area contributed by atoms with Gasteiger partial charge in [0.2, 0.25) is 0 Å². The van der Waals surface area contributed by atoms with E-state index in [9.17, 15) is 0 Å². The zero-order chi connectivity index (χ0) is 13.4. The molecule has 1 heterocycles. The van der Waals surface area contributed by atoms with Crippen molar-refractivity contribution in [1.29, 1.82) is 0 Å². The fourth-order valence-electron chi connectivity index (χ4n) is 3.43. The molecular weight excluding hydrogens is 240 g/mol. The molecule has 1 aliphatic carbocycles. The number of aromatic nitrogens is 1. The van der Waals surface area contributed by atoms with Crippen LogP contribution in [0.1, 0.15) is 46.0 Å². The van der Waals surface area contributed by atoms with E-state index in [-0.39, 0.29) is 0 Å². The molecule has 18 heavy (non-hydrogen) atoms. The first-order valence-electron chi connectivity index (χ1n) is 7.03. The topological polar surface area (TPSA) is 24.9 Å². The number of rotatable bonds is 6. The van der Waals surface area contributed by atoms with Crippen LogP contribution in [-0.2, 0) is 6.42 Å². The fraction of sp³-hybridized carbons (Fsp3) is 0.800. The van der Waals surface area contributed by atoms with Crippen LogP contribution >= 0.6 is 11.3 Å². The largest absolute Gasteiger partial charge is 0.313 e. The lowest BCUT2D eigenvalue weighted by molar-refractivity contribution is 0.395. The Labute approximate surface area is 115 Å². The normalized spacial score (nSPS) is 22.9. The van der Waals surface area contributed by atoms with Gasteiger partial charge in [-0.1, -0.05) is 34.6 Å². The maximum atomic E-state index is 4.45. The van der Waals surface area contributed by atoms with Crippen LogP contribution in [0.5, 0.6) is 0 Å². The number of nitrogens with zero attached hydrogens (tertiary/aromatic N) is 1. The zero-order valence-corrected chi connectivity index (χ0v) is 13.1. The predicted octanol–water partition coefficient (Wildman–Crippen LogP) is 3.74. The molecule has 1 aliphatic rings. The first-order chi connectivity index (χ1) is 8.41. The van der Waals surface area contributed by atoms with Crippen LogP contribution in [0.2, 0.25) is 0 Å². The van der Waals surface area contributed by atoms with Gasteiger partial charge in [-0.25, -0.2) is 4.98 Å². The van der Waals surface area contributed by atoms with E-state index in [1.165, 1.54) is 11.4 Å². The van der Waals surface area contributed by atoms with Gasteiger partial charge in [0, 0.05) is 24.0 Å². The highest BCUT2D eigenvalue weighted by Gasteiger charge is 2.66. The molecule has 1 atom stereocenters. The van der Waals surface area contributed by atoms with Crippen molar-refractivity contribution in [2.75, 3.05) is 6.54 Å². The van der Waals surface area contributed by atoms with Crippen molar-refractivity contribution in [3.05, 3.63) is 16.6 Å². The molecule has 1 unspecified atom stereocenters. The molecule has 1 fully saturated rings.